The molecule has 8 nitrogen and oxygen atoms in total. The molecule has 2 N–H and O–H groups in total. The number of pyridine rings is 2. The van der Waals surface area contributed by atoms with Crippen molar-refractivity contribution in [2.75, 3.05) is 13.1 Å². The summed E-state index contributed by atoms with van der Waals surface area (Å²) in [5.41, 5.74) is 4.13. The molecule has 1 amide bonds. The predicted octanol–water partition coefficient (Wildman–Crippen LogP) is 2.97. The first-order valence-electron chi connectivity index (χ1n) is 11.1. The van der Waals surface area contributed by atoms with E-state index in [0.717, 1.165) is 49.2 Å². The Morgan fingerprint density at radius 2 is 1.88 bits per heavy atom. The van der Waals surface area contributed by atoms with Gasteiger partial charge >= 0.3 is 0 Å². The maximum atomic E-state index is 12.8. The average molecular weight is 443 g/mol. The lowest BCUT2D eigenvalue weighted by Gasteiger charge is -2.32. The van der Waals surface area contributed by atoms with Gasteiger partial charge in [-0.05, 0) is 48.2 Å². The van der Waals surface area contributed by atoms with Crippen LogP contribution in [0.25, 0.3) is 11.2 Å². The number of fused-ring (bicyclic) bond motifs is 1. The SMILES string of the molecule is O=C(NC1CCN(Cc2cccc(O)c2)CC1)c1cnc2c(c1)ncn2Cc1cccnc1. The molecular weight excluding hydrogens is 416 g/mol. The normalized spacial score (nSPS) is 15.0. The summed E-state index contributed by atoms with van der Waals surface area (Å²) in [7, 11) is 0. The van der Waals surface area contributed by atoms with Crippen LogP contribution in [0.5, 0.6) is 5.75 Å². The number of hydrogen-bond donors (Lipinski definition) is 2. The Balaban J connectivity index is 1.17. The zero-order valence-electron chi connectivity index (χ0n) is 18.3. The van der Waals surface area contributed by atoms with Crippen LogP contribution >= 0.6 is 0 Å². The van der Waals surface area contributed by atoms with Crippen molar-refractivity contribution in [3.05, 3.63) is 84.1 Å². The summed E-state index contributed by atoms with van der Waals surface area (Å²) in [5.74, 6) is 0.180. The molecule has 0 unspecified atom stereocenters. The molecule has 168 valence electrons. The van der Waals surface area contributed by atoms with Gasteiger partial charge in [0, 0.05) is 44.3 Å². The molecule has 4 aromatic rings. The minimum atomic E-state index is -0.113. The summed E-state index contributed by atoms with van der Waals surface area (Å²) >= 11 is 0. The molecule has 0 radical (unpaired) electrons. The lowest BCUT2D eigenvalue weighted by Crippen LogP contribution is -2.44. The van der Waals surface area contributed by atoms with Gasteiger partial charge in [0.2, 0.25) is 0 Å². The second-order valence-electron chi connectivity index (χ2n) is 8.49. The highest BCUT2D eigenvalue weighted by Gasteiger charge is 2.22. The topological polar surface area (TPSA) is 96.2 Å². The average Bonchev–Trinajstić information content (AvgIpc) is 3.23. The standard InChI is InChI=1S/C25H26N6O2/c32-22-5-1-3-18(11-22)15-30-9-6-21(7-10-30)29-25(33)20-12-23-24(27-14-20)31(17-28-23)16-19-4-2-8-26-13-19/h1-5,8,11-14,17,21,32H,6-7,9-10,15-16H2,(H,29,33). The van der Waals surface area contributed by atoms with Crippen molar-refractivity contribution in [2.45, 2.75) is 32.0 Å². The molecule has 0 bridgehead atoms. The van der Waals surface area contributed by atoms with Gasteiger partial charge in [-0.2, -0.15) is 0 Å². The lowest BCUT2D eigenvalue weighted by molar-refractivity contribution is 0.0908. The van der Waals surface area contributed by atoms with Crippen molar-refractivity contribution in [2.24, 2.45) is 0 Å². The molecule has 0 aliphatic carbocycles. The van der Waals surface area contributed by atoms with Gasteiger partial charge in [0.15, 0.2) is 5.65 Å². The number of amides is 1. The second-order valence-corrected chi connectivity index (χ2v) is 8.49. The maximum Gasteiger partial charge on any atom is 0.253 e. The molecule has 0 spiro atoms. The van der Waals surface area contributed by atoms with Crippen LogP contribution in [0.3, 0.4) is 0 Å². The van der Waals surface area contributed by atoms with Gasteiger partial charge in [-0.3, -0.25) is 14.7 Å². The van der Waals surface area contributed by atoms with Crippen molar-refractivity contribution in [1.29, 1.82) is 0 Å². The summed E-state index contributed by atoms with van der Waals surface area (Å²) < 4.78 is 1.95. The molecule has 3 aromatic heterocycles. The van der Waals surface area contributed by atoms with Gasteiger partial charge in [0.05, 0.1) is 18.4 Å². The van der Waals surface area contributed by atoms with Gasteiger partial charge in [0.25, 0.3) is 5.91 Å². The second kappa shape index (κ2) is 9.38. The van der Waals surface area contributed by atoms with Gasteiger partial charge in [-0.25, -0.2) is 9.97 Å². The molecule has 4 heterocycles. The predicted molar refractivity (Wildman–Crippen MR) is 125 cm³/mol. The van der Waals surface area contributed by atoms with Crippen LogP contribution < -0.4 is 5.32 Å². The van der Waals surface area contributed by atoms with Crippen LogP contribution in [-0.4, -0.2) is 54.6 Å². The Labute approximate surface area is 191 Å². The zero-order valence-corrected chi connectivity index (χ0v) is 18.3. The number of phenolic OH excluding ortho intramolecular Hbond substituents is 1. The first-order valence-corrected chi connectivity index (χ1v) is 11.1. The summed E-state index contributed by atoms with van der Waals surface area (Å²) in [6.45, 7) is 3.23. The molecule has 5 rings (SSSR count). The monoisotopic (exact) mass is 442 g/mol. The highest BCUT2D eigenvalue weighted by atomic mass is 16.3. The van der Waals surface area contributed by atoms with E-state index >= 15 is 0 Å². The number of hydrogen-bond acceptors (Lipinski definition) is 6. The van der Waals surface area contributed by atoms with E-state index in [-0.39, 0.29) is 11.9 Å². The largest absolute Gasteiger partial charge is 0.508 e. The Bertz CT molecular complexity index is 1250. The van der Waals surface area contributed by atoms with E-state index in [2.05, 4.69) is 25.2 Å². The number of nitrogens with zero attached hydrogens (tertiary/aromatic N) is 5. The number of nitrogens with one attached hydrogen (secondary N) is 1. The molecule has 1 aliphatic rings. The number of aromatic nitrogens is 4. The van der Waals surface area contributed by atoms with Crippen LogP contribution in [0.2, 0.25) is 0 Å². The molecule has 1 saturated heterocycles. The zero-order chi connectivity index (χ0) is 22.6. The highest BCUT2D eigenvalue weighted by molar-refractivity contribution is 5.96. The first kappa shape index (κ1) is 21.1. The van der Waals surface area contributed by atoms with Crippen molar-refractivity contribution in [1.82, 2.24) is 29.7 Å². The fourth-order valence-corrected chi connectivity index (χ4v) is 4.29. The molecule has 8 heteroatoms. The molecule has 0 atom stereocenters. The minimum absolute atomic E-state index is 0.113. The summed E-state index contributed by atoms with van der Waals surface area (Å²) in [5, 5.41) is 12.8. The highest BCUT2D eigenvalue weighted by Crippen LogP contribution is 2.18. The number of aromatic hydroxyl groups is 1. The van der Waals surface area contributed by atoms with Crippen molar-refractivity contribution >= 4 is 17.1 Å². The first-order chi connectivity index (χ1) is 16.1. The van der Waals surface area contributed by atoms with Crippen LogP contribution in [-0.2, 0) is 13.1 Å². The quantitative estimate of drug-likeness (QED) is 0.477. The van der Waals surface area contributed by atoms with Crippen molar-refractivity contribution < 1.29 is 9.90 Å². The van der Waals surface area contributed by atoms with Crippen LogP contribution in [0.1, 0.15) is 34.3 Å². The van der Waals surface area contributed by atoms with Gasteiger partial charge < -0.3 is 15.0 Å². The van der Waals surface area contributed by atoms with Gasteiger partial charge in [-0.1, -0.05) is 18.2 Å². The van der Waals surface area contributed by atoms with Crippen molar-refractivity contribution in [3.8, 4) is 5.75 Å². The smallest absolute Gasteiger partial charge is 0.253 e. The fourth-order valence-electron chi connectivity index (χ4n) is 4.29. The fraction of sp³-hybridized carbons (Fsp3) is 0.280. The number of phenols is 1. The lowest BCUT2D eigenvalue weighted by atomic mass is 10.0. The number of benzene rings is 1. The Morgan fingerprint density at radius 3 is 2.67 bits per heavy atom. The number of likely N-dealkylation sites (tertiary alicyclic amines) is 1. The molecule has 1 aliphatic heterocycles. The Morgan fingerprint density at radius 1 is 1.03 bits per heavy atom. The number of piperidine rings is 1. The van der Waals surface area contributed by atoms with E-state index in [1.54, 1.807) is 36.9 Å². The van der Waals surface area contributed by atoms with E-state index in [9.17, 15) is 9.90 Å². The number of rotatable bonds is 6. The Kier molecular flexibility index (Phi) is 5.99. The summed E-state index contributed by atoms with van der Waals surface area (Å²) in [4.78, 5) is 28.3. The molecule has 33 heavy (non-hydrogen) atoms. The number of imidazole rings is 1. The maximum absolute atomic E-state index is 12.8. The summed E-state index contributed by atoms with van der Waals surface area (Å²) in [6, 6.07) is 13.2. The van der Waals surface area contributed by atoms with E-state index < -0.39 is 0 Å². The molecule has 0 saturated carbocycles. The Hall–Kier alpha value is -3.78. The van der Waals surface area contributed by atoms with E-state index in [1.807, 2.05) is 35.0 Å². The third-order valence-corrected chi connectivity index (χ3v) is 6.03. The van der Waals surface area contributed by atoms with E-state index in [1.165, 1.54) is 0 Å². The molecule has 1 aromatic carbocycles. The van der Waals surface area contributed by atoms with Gasteiger partial charge in [-0.15, -0.1) is 0 Å². The molecular formula is C25H26N6O2. The summed E-state index contributed by atoms with van der Waals surface area (Å²) in [6.07, 6.45) is 8.71. The third-order valence-electron chi connectivity index (χ3n) is 6.03. The van der Waals surface area contributed by atoms with E-state index in [4.69, 9.17) is 0 Å². The number of carbonyl (C=O) groups excluding carboxylic acids is 1. The van der Waals surface area contributed by atoms with Crippen LogP contribution in [0, 0.1) is 0 Å². The third kappa shape index (κ3) is 5.01. The van der Waals surface area contributed by atoms with Crippen molar-refractivity contribution in [3.63, 3.8) is 0 Å². The van der Waals surface area contributed by atoms with Crippen LogP contribution in [0.15, 0.2) is 67.4 Å². The van der Waals surface area contributed by atoms with E-state index in [0.29, 0.717) is 23.4 Å². The minimum Gasteiger partial charge on any atom is -0.508 e. The van der Waals surface area contributed by atoms with Crippen LogP contribution in [0.4, 0.5) is 0 Å². The number of carbonyl (C=O) groups is 1. The molecule has 1 fully saturated rings. The van der Waals surface area contributed by atoms with Gasteiger partial charge in [0.1, 0.15) is 11.3 Å².